The summed E-state index contributed by atoms with van der Waals surface area (Å²) < 4.78 is 0. The smallest absolute Gasteiger partial charge is 0.224 e. The van der Waals surface area contributed by atoms with Crippen LogP contribution in [-0.4, -0.2) is 12.5 Å². The number of rotatable bonds is 5. The second-order valence-electron chi connectivity index (χ2n) is 5.47. The van der Waals surface area contributed by atoms with Gasteiger partial charge in [0.2, 0.25) is 5.91 Å². The van der Waals surface area contributed by atoms with E-state index in [9.17, 15) is 4.79 Å². The zero-order valence-corrected chi connectivity index (χ0v) is 11.4. The first-order valence-electron chi connectivity index (χ1n) is 6.93. The van der Waals surface area contributed by atoms with Crippen molar-refractivity contribution in [1.29, 1.82) is 5.26 Å². The Hall–Kier alpha value is -1.82. The molecule has 0 unspecified atom stereocenters. The molecular weight excluding hydrogens is 236 g/mol. The van der Waals surface area contributed by atoms with Crippen molar-refractivity contribution in [3.8, 4) is 6.07 Å². The first-order chi connectivity index (χ1) is 9.17. The van der Waals surface area contributed by atoms with Gasteiger partial charge in [-0.1, -0.05) is 25.5 Å². The molecule has 0 spiro atoms. The summed E-state index contributed by atoms with van der Waals surface area (Å²) in [5.41, 5.74) is 1.94. The molecule has 3 heteroatoms. The quantitative estimate of drug-likeness (QED) is 0.880. The Morgan fingerprint density at radius 2 is 2.05 bits per heavy atom. The third-order valence-electron chi connectivity index (χ3n) is 4.27. The molecule has 1 aliphatic carbocycles. The van der Waals surface area contributed by atoms with E-state index in [1.807, 2.05) is 12.1 Å². The Balaban J connectivity index is 1.82. The van der Waals surface area contributed by atoms with Crippen molar-refractivity contribution in [3.05, 3.63) is 35.4 Å². The van der Waals surface area contributed by atoms with Crippen LogP contribution in [0.2, 0.25) is 0 Å². The van der Waals surface area contributed by atoms with E-state index in [1.54, 1.807) is 12.1 Å². The zero-order chi connectivity index (χ0) is 13.7. The number of nitriles is 1. The highest BCUT2D eigenvalue weighted by Gasteiger charge is 2.35. The van der Waals surface area contributed by atoms with E-state index in [2.05, 4.69) is 18.3 Å². The van der Waals surface area contributed by atoms with Crippen molar-refractivity contribution < 1.29 is 4.79 Å². The molecule has 0 aromatic heterocycles. The lowest BCUT2D eigenvalue weighted by Gasteiger charge is -2.41. The van der Waals surface area contributed by atoms with Crippen molar-refractivity contribution >= 4 is 5.91 Å². The van der Waals surface area contributed by atoms with Crippen molar-refractivity contribution in [1.82, 2.24) is 5.32 Å². The Labute approximate surface area is 114 Å². The van der Waals surface area contributed by atoms with Gasteiger partial charge >= 0.3 is 0 Å². The van der Waals surface area contributed by atoms with Crippen molar-refractivity contribution in [2.75, 3.05) is 6.54 Å². The number of carbonyl (C=O) groups is 1. The van der Waals surface area contributed by atoms with Crippen LogP contribution in [0.5, 0.6) is 0 Å². The first kappa shape index (κ1) is 13.6. The van der Waals surface area contributed by atoms with E-state index in [1.165, 1.54) is 19.3 Å². The highest BCUT2D eigenvalue weighted by Crippen LogP contribution is 2.42. The van der Waals surface area contributed by atoms with Gasteiger partial charge in [-0.05, 0) is 42.4 Å². The van der Waals surface area contributed by atoms with Crippen LogP contribution in [0.1, 0.15) is 43.7 Å². The van der Waals surface area contributed by atoms with E-state index < -0.39 is 0 Å². The fourth-order valence-corrected chi connectivity index (χ4v) is 2.56. The molecule has 1 fully saturated rings. The largest absolute Gasteiger partial charge is 0.355 e. The topological polar surface area (TPSA) is 52.9 Å². The average molecular weight is 256 g/mol. The SMILES string of the molecule is CCC1(CNC(=O)Cc2ccc(C#N)cc2)CCC1. The molecule has 100 valence electrons. The summed E-state index contributed by atoms with van der Waals surface area (Å²) in [6.45, 7) is 3.00. The lowest BCUT2D eigenvalue weighted by molar-refractivity contribution is -0.121. The monoisotopic (exact) mass is 256 g/mol. The van der Waals surface area contributed by atoms with Gasteiger partial charge in [0, 0.05) is 6.54 Å². The minimum Gasteiger partial charge on any atom is -0.355 e. The van der Waals surface area contributed by atoms with Crippen LogP contribution < -0.4 is 5.32 Å². The number of nitrogens with one attached hydrogen (secondary N) is 1. The molecule has 1 amide bonds. The normalized spacial score (nSPS) is 16.2. The molecule has 1 aromatic carbocycles. The maximum absolute atomic E-state index is 11.9. The van der Waals surface area contributed by atoms with Crippen LogP contribution in [-0.2, 0) is 11.2 Å². The molecule has 1 aromatic rings. The van der Waals surface area contributed by atoms with Gasteiger partial charge in [-0.15, -0.1) is 0 Å². The standard InChI is InChI=1S/C16H20N2O/c1-2-16(8-3-9-16)12-18-15(19)10-13-4-6-14(11-17)7-5-13/h4-7H,2-3,8-10,12H2,1H3,(H,18,19). The molecule has 0 aliphatic heterocycles. The van der Waals surface area contributed by atoms with Crippen LogP contribution in [0.25, 0.3) is 0 Å². The Bertz CT molecular complexity index is 475. The fourth-order valence-electron chi connectivity index (χ4n) is 2.56. The molecule has 19 heavy (non-hydrogen) atoms. The van der Waals surface area contributed by atoms with Gasteiger partial charge in [0.15, 0.2) is 0 Å². The summed E-state index contributed by atoms with van der Waals surface area (Å²) in [4.78, 5) is 11.9. The van der Waals surface area contributed by atoms with E-state index in [0.29, 0.717) is 17.4 Å². The van der Waals surface area contributed by atoms with Crippen LogP contribution in [0.15, 0.2) is 24.3 Å². The van der Waals surface area contributed by atoms with E-state index in [0.717, 1.165) is 18.5 Å². The minimum absolute atomic E-state index is 0.0735. The van der Waals surface area contributed by atoms with Crippen LogP contribution in [0.3, 0.4) is 0 Å². The van der Waals surface area contributed by atoms with Crippen LogP contribution in [0.4, 0.5) is 0 Å². The summed E-state index contributed by atoms with van der Waals surface area (Å²) in [5, 5.41) is 11.8. The molecular formula is C16H20N2O. The van der Waals surface area contributed by atoms with Gasteiger partial charge in [0.05, 0.1) is 18.1 Å². The lowest BCUT2D eigenvalue weighted by atomic mass is 9.67. The summed E-state index contributed by atoms with van der Waals surface area (Å²) in [6.07, 6.45) is 5.30. The highest BCUT2D eigenvalue weighted by atomic mass is 16.1. The maximum atomic E-state index is 11.9. The summed E-state index contributed by atoms with van der Waals surface area (Å²) in [7, 11) is 0. The Morgan fingerprint density at radius 1 is 1.37 bits per heavy atom. The molecule has 0 saturated heterocycles. The summed E-state index contributed by atoms with van der Waals surface area (Å²) in [6, 6.07) is 9.27. The number of benzene rings is 1. The molecule has 0 radical (unpaired) electrons. The first-order valence-corrected chi connectivity index (χ1v) is 6.93. The predicted octanol–water partition coefficient (Wildman–Crippen LogP) is 2.80. The third kappa shape index (κ3) is 3.35. The molecule has 2 rings (SSSR count). The summed E-state index contributed by atoms with van der Waals surface area (Å²) >= 11 is 0. The highest BCUT2D eigenvalue weighted by molar-refractivity contribution is 5.78. The molecule has 0 bridgehead atoms. The maximum Gasteiger partial charge on any atom is 0.224 e. The van der Waals surface area contributed by atoms with Gasteiger partial charge in [-0.3, -0.25) is 4.79 Å². The summed E-state index contributed by atoms with van der Waals surface area (Å²) in [5.74, 6) is 0.0735. The number of hydrogen-bond donors (Lipinski definition) is 1. The second kappa shape index (κ2) is 5.88. The molecule has 1 N–H and O–H groups in total. The van der Waals surface area contributed by atoms with Gasteiger partial charge in [-0.25, -0.2) is 0 Å². The van der Waals surface area contributed by atoms with Gasteiger partial charge in [0.25, 0.3) is 0 Å². The molecule has 1 aliphatic rings. The van der Waals surface area contributed by atoms with Gasteiger partial charge in [0.1, 0.15) is 0 Å². The number of hydrogen-bond acceptors (Lipinski definition) is 2. The lowest BCUT2D eigenvalue weighted by Crippen LogP contribution is -2.42. The predicted molar refractivity (Wildman–Crippen MR) is 74.4 cm³/mol. The number of nitrogens with zero attached hydrogens (tertiary/aromatic N) is 1. The molecule has 0 atom stereocenters. The zero-order valence-electron chi connectivity index (χ0n) is 11.4. The molecule has 0 heterocycles. The fraction of sp³-hybridized carbons (Fsp3) is 0.500. The van der Waals surface area contributed by atoms with Crippen molar-refractivity contribution in [3.63, 3.8) is 0 Å². The van der Waals surface area contributed by atoms with Crippen LogP contribution in [0, 0.1) is 16.7 Å². The second-order valence-corrected chi connectivity index (χ2v) is 5.47. The van der Waals surface area contributed by atoms with Gasteiger partial charge < -0.3 is 5.32 Å². The Morgan fingerprint density at radius 3 is 2.53 bits per heavy atom. The van der Waals surface area contributed by atoms with Crippen molar-refractivity contribution in [2.24, 2.45) is 5.41 Å². The van der Waals surface area contributed by atoms with E-state index in [4.69, 9.17) is 5.26 Å². The molecule has 3 nitrogen and oxygen atoms in total. The van der Waals surface area contributed by atoms with E-state index >= 15 is 0 Å². The number of carbonyl (C=O) groups excluding carboxylic acids is 1. The minimum atomic E-state index is 0.0735. The Kier molecular flexibility index (Phi) is 4.21. The average Bonchev–Trinajstić information content (AvgIpc) is 2.39. The van der Waals surface area contributed by atoms with Gasteiger partial charge in [-0.2, -0.15) is 5.26 Å². The number of amides is 1. The van der Waals surface area contributed by atoms with Crippen molar-refractivity contribution in [2.45, 2.75) is 39.0 Å². The molecule has 1 saturated carbocycles. The third-order valence-corrected chi connectivity index (χ3v) is 4.27. The van der Waals surface area contributed by atoms with E-state index in [-0.39, 0.29) is 5.91 Å². The van der Waals surface area contributed by atoms with Crippen LogP contribution >= 0.6 is 0 Å².